The number of anilines is 3. The van der Waals surface area contributed by atoms with Crippen LogP contribution in [0.5, 0.6) is 0 Å². The average molecular weight is 603 g/mol. The van der Waals surface area contributed by atoms with Gasteiger partial charge in [0, 0.05) is 67.6 Å². The number of halogens is 2. The number of rotatable bonds is 9. The van der Waals surface area contributed by atoms with E-state index in [1.807, 2.05) is 11.9 Å². The number of aromatic nitrogens is 2. The van der Waals surface area contributed by atoms with Gasteiger partial charge in [-0.3, -0.25) is 14.5 Å². The van der Waals surface area contributed by atoms with Crippen molar-refractivity contribution in [3.8, 4) is 11.1 Å². The number of carbonyl (C=O) groups is 1. The summed E-state index contributed by atoms with van der Waals surface area (Å²) in [4.78, 5) is 25.9. The van der Waals surface area contributed by atoms with Crippen molar-refractivity contribution in [2.75, 3.05) is 41.7 Å². The third-order valence-electron chi connectivity index (χ3n) is 8.45. The van der Waals surface area contributed by atoms with Crippen LogP contribution in [0.4, 0.5) is 21.6 Å². The summed E-state index contributed by atoms with van der Waals surface area (Å²) < 4.78 is 44.2. The maximum absolute atomic E-state index is 15.6. The molecule has 2 aliphatic carbocycles. The van der Waals surface area contributed by atoms with Gasteiger partial charge < -0.3 is 15.1 Å². The number of pyridine rings is 2. The lowest BCUT2D eigenvalue weighted by atomic mass is 9.64. The van der Waals surface area contributed by atoms with E-state index in [1.54, 1.807) is 36.5 Å². The van der Waals surface area contributed by atoms with E-state index in [0.717, 1.165) is 35.9 Å². The van der Waals surface area contributed by atoms with Crippen molar-refractivity contribution in [1.82, 2.24) is 15.3 Å². The molecule has 9 nitrogen and oxygen atoms in total. The molecule has 2 fully saturated rings. The SMILES string of the molecule is CC(C)NCCN(C)c1ncc(-c2cc3c4c(cnc3cc2F)N(C)C(=O)C42CCC2)cc1NS(=O)(=O)C1CC1.Cl. The lowest BCUT2D eigenvalue weighted by molar-refractivity contribution is -0.125. The topological polar surface area (TPSA) is 108 Å². The molecule has 6 rings (SSSR count). The molecule has 2 aromatic heterocycles. The maximum Gasteiger partial charge on any atom is 0.237 e. The number of hydrogen-bond donors (Lipinski definition) is 2. The second kappa shape index (κ2) is 10.7. The van der Waals surface area contributed by atoms with Gasteiger partial charge in [0.25, 0.3) is 0 Å². The normalized spacial score (nSPS) is 17.5. The predicted octanol–water partition coefficient (Wildman–Crippen LogP) is 4.59. The Hall–Kier alpha value is -3.02. The van der Waals surface area contributed by atoms with Crippen LogP contribution in [0.2, 0.25) is 0 Å². The molecule has 3 aromatic rings. The van der Waals surface area contributed by atoms with Crippen LogP contribution in [0.25, 0.3) is 22.0 Å². The van der Waals surface area contributed by atoms with E-state index in [-0.39, 0.29) is 23.9 Å². The summed E-state index contributed by atoms with van der Waals surface area (Å²) in [5.41, 5.74) is 2.63. The van der Waals surface area contributed by atoms with Crippen LogP contribution in [-0.2, 0) is 20.2 Å². The van der Waals surface area contributed by atoms with Crippen molar-refractivity contribution in [2.24, 2.45) is 0 Å². The van der Waals surface area contributed by atoms with E-state index >= 15 is 4.39 Å². The molecule has 1 aromatic carbocycles. The molecule has 0 atom stereocenters. The summed E-state index contributed by atoms with van der Waals surface area (Å²) in [6.07, 6.45) is 6.97. The third-order valence-corrected chi connectivity index (χ3v) is 10.3. The monoisotopic (exact) mass is 602 g/mol. The quantitative estimate of drug-likeness (QED) is 0.369. The molecule has 3 heterocycles. The molecular weight excluding hydrogens is 567 g/mol. The van der Waals surface area contributed by atoms with Crippen LogP contribution in [0, 0.1) is 5.82 Å². The third kappa shape index (κ3) is 5.02. The second-order valence-electron chi connectivity index (χ2n) is 11.6. The van der Waals surface area contributed by atoms with Crippen LogP contribution >= 0.6 is 12.4 Å². The first-order valence-corrected chi connectivity index (χ1v) is 15.4. The average Bonchev–Trinajstić information content (AvgIpc) is 3.70. The Morgan fingerprint density at radius 3 is 2.54 bits per heavy atom. The molecule has 3 aliphatic rings. The predicted molar refractivity (Wildman–Crippen MR) is 163 cm³/mol. The smallest absolute Gasteiger partial charge is 0.237 e. The molecule has 1 amide bonds. The summed E-state index contributed by atoms with van der Waals surface area (Å²) in [7, 11) is 0.0370. The number of sulfonamides is 1. The molecule has 0 saturated heterocycles. The Labute approximate surface area is 246 Å². The van der Waals surface area contributed by atoms with Crippen molar-refractivity contribution in [2.45, 2.75) is 62.7 Å². The molecule has 1 aliphatic heterocycles. The van der Waals surface area contributed by atoms with Gasteiger partial charge in [-0.15, -0.1) is 12.4 Å². The number of benzene rings is 1. The molecule has 41 heavy (non-hydrogen) atoms. The van der Waals surface area contributed by atoms with Gasteiger partial charge in [-0.05, 0) is 37.8 Å². The van der Waals surface area contributed by atoms with Crippen molar-refractivity contribution in [3.63, 3.8) is 0 Å². The number of nitrogens with one attached hydrogen (secondary N) is 2. The maximum atomic E-state index is 15.6. The summed E-state index contributed by atoms with van der Waals surface area (Å²) in [6.45, 7) is 5.42. The highest BCUT2D eigenvalue weighted by Gasteiger charge is 2.54. The molecule has 0 unspecified atom stereocenters. The number of likely N-dealkylation sites (N-methyl/N-ethyl adjacent to an activating group) is 2. The number of hydrogen-bond acceptors (Lipinski definition) is 7. The molecule has 12 heteroatoms. The van der Waals surface area contributed by atoms with Gasteiger partial charge in [0.2, 0.25) is 15.9 Å². The highest BCUT2D eigenvalue weighted by Crippen LogP contribution is 2.55. The number of fused-ring (bicyclic) bond motifs is 4. The first-order valence-electron chi connectivity index (χ1n) is 13.9. The number of nitrogens with zero attached hydrogens (tertiary/aromatic N) is 4. The summed E-state index contributed by atoms with van der Waals surface area (Å²) in [5.74, 6) is 0.0509. The minimum atomic E-state index is -3.58. The van der Waals surface area contributed by atoms with Gasteiger partial charge >= 0.3 is 0 Å². The van der Waals surface area contributed by atoms with Crippen molar-refractivity contribution >= 4 is 56.4 Å². The zero-order valence-corrected chi connectivity index (χ0v) is 25.3. The lowest BCUT2D eigenvalue weighted by Crippen LogP contribution is -2.43. The minimum absolute atomic E-state index is 0. The Morgan fingerprint density at radius 1 is 1.17 bits per heavy atom. The van der Waals surface area contributed by atoms with Crippen molar-refractivity contribution < 1.29 is 17.6 Å². The summed E-state index contributed by atoms with van der Waals surface area (Å²) in [6, 6.07) is 5.12. The Kier molecular flexibility index (Phi) is 7.67. The highest BCUT2D eigenvalue weighted by molar-refractivity contribution is 7.93. The van der Waals surface area contributed by atoms with E-state index in [1.165, 1.54) is 6.07 Å². The van der Waals surface area contributed by atoms with Gasteiger partial charge in [-0.2, -0.15) is 0 Å². The van der Waals surface area contributed by atoms with E-state index in [0.29, 0.717) is 54.6 Å². The van der Waals surface area contributed by atoms with E-state index in [9.17, 15) is 13.2 Å². The van der Waals surface area contributed by atoms with E-state index in [4.69, 9.17) is 0 Å². The first-order chi connectivity index (χ1) is 19.0. The van der Waals surface area contributed by atoms with E-state index < -0.39 is 26.5 Å². The zero-order valence-electron chi connectivity index (χ0n) is 23.7. The number of amides is 1. The van der Waals surface area contributed by atoms with Crippen molar-refractivity contribution in [1.29, 1.82) is 0 Å². The van der Waals surface area contributed by atoms with Gasteiger partial charge in [-0.25, -0.2) is 17.8 Å². The fraction of sp³-hybridized carbons (Fsp3) is 0.483. The minimum Gasteiger partial charge on any atom is -0.357 e. The molecule has 2 saturated carbocycles. The standard InChI is InChI=1S/C29H35FN6O3S.ClH/c1-17(2)31-10-11-35(3)27-24(34-40(38,39)19-6-7-19)12-18(15-33-27)20-13-21-23(14-22(20)30)32-16-25-26(21)29(8-5-9-29)28(37)36(25)4;/h12-17,19,31,34H,5-11H2,1-4H3;1H. The van der Waals surface area contributed by atoms with Crippen LogP contribution in [0.15, 0.2) is 30.6 Å². The molecule has 220 valence electrons. The fourth-order valence-corrected chi connectivity index (χ4v) is 7.32. The second-order valence-corrected chi connectivity index (χ2v) is 13.6. The van der Waals surface area contributed by atoms with Crippen LogP contribution in [0.3, 0.4) is 0 Å². The first kappa shape index (κ1) is 29.5. The van der Waals surface area contributed by atoms with Gasteiger partial charge in [-0.1, -0.05) is 20.3 Å². The molecule has 0 radical (unpaired) electrons. The molecule has 2 N–H and O–H groups in total. The number of carbonyl (C=O) groups excluding carboxylic acids is 1. The Balaban J connectivity index is 0.00000337. The van der Waals surface area contributed by atoms with Gasteiger partial charge in [0.05, 0.1) is 33.8 Å². The fourth-order valence-electron chi connectivity index (χ4n) is 5.94. The Bertz CT molecular complexity index is 1620. The highest BCUT2D eigenvalue weighted by atomic mass is 35.5. The zero-order chi connectivity index (χ0) is 28.4. The van der Waals surface area contributed by atoms with Gasteiger partial charge in [0.15, 0.2) is 5.82 Å². The Morgan fingerprint density at radius 2 is 1.90 bits per heavy atom. The van der Waals surface area contributed by atoms with Crippen LogP contribution in [0.1, 0.15) is 51.5 Å². The van der Waals surface area contributed by atoms with E-state index in [2.05, 4.69) is 33.9 Å². The lowest BCUT2D eigenvalue weighted by Gasteiger charge is -2.37. The van der Waals surface area contributed by atoms with Gasteiger partial charge in [0.1, 0.15) is 5.82 Å². The molecular formula is C29H36ClFN6O3S. The summed E-state index contributed by atoms with van der Waals surface area (Å²) >= 11 is 0. The van der Waals surface area contributed by atoms with Crippen molar-refractivity contribution in [3.05, 3.63) is 42.0 Å². The summed E-state index contributed by atoms with van der Waals surface area (Å²) in [5, 5.41) is 3.68. The largest absolute Gasteiger partial charge is 0.357 e. The van der Waals surface area contributed by atoms with Crippen LogP contribution < -0.4 is 19.8 Å². The molecule has 0 bridgehead atoms. The molecule has 1 spiro atoms. The van der Waals surface area contributed by atoms with Crippen LogP contribution in [-0.4, -0.2) is 62.8 Å².